The molecule has 1 aromatic heterocycles. The molecule has 0 saturated heterocycles. The minimum Gasteiger partial charge on any atom is -0.464 e. The van der Waals surface area contributed by atoms with Gasteiger partial charge in [0.25, 0.3) is 0 Å². The molecule has 112 valence electrons. The number of benzene rings is 2. The van der Waals surface area contributed by atoms with Gasteiger partial charge in [0.15, 0.2) is 0 Å². The Bertz CT molecular complexity index is 857. The molecule has 1 heterocycles. The molecule has 0 aliphatic carbocycles. The molecule has 0 spiro atoms. The number of rotatable bonds is 3. The third-order valence-corrected chi connectivity index (χ3v) is 4.32. The fourth-order valence-corrected chi connectivity index (χ4v) is 2.78. The van der Waals surface area contributed by atoms with Gasteiger partial charge in [-0.3, -0.25) is 4.79 Å². The molecule has 0 radical (unpaired) electrons. The highest BCUT2D eigenvalue weighted by Crippen LogP contribution is 2.26. The van der Waals surface area contributed by atoms with Crippen LogP contribution in [0, 0.1) is 6.92 Å². The molecule has 0 aliphatic heterocycles. The number of anilines is 1. The van der Waals surface area contributed by atoms with Crippen molar-refractivity contribution in [2.45, 2.75) is 13.3 Å². The van der Waals surface area contributed by atoms with Gasteiger partial charge in [0, 0.05) is 26.1 Å². The van der Waals surface area contributed by atoms with Crippen LogP contribution in [0.15, 0.2) is 51.6 Å². The molecule has 0 aliphatic rings. The lowest BCUT2D eigenvalue weighted by Gasteiger charge is -2.06. The summed E-state index contributed by atoms with van der Waals surface area (Å²) in [6.45, 7) is 1.92. The molecule has 0 unspecified atom stereocenters. The number of halogens is 2. The van der Waals surface area contributed by atoms with Crippen LogP contribution in [-0.4, -0.2) is 5.91 Å². The predicted octanol–water partition coefficient (Wildman–Crippen LogP) is 5.34. The largest absolute Gasteiger partial charge is 0.464 e. The van der Waals surface area contributed by atoms with Crippen LogP contribution in [-0.2, 0) is 11.2 Å². The number of hydrogen-bond acceptors (Lipinski definition) is 2. The zero-order valence-electron chi connectivity index (χ0n) is 11.8. The minimum absolute atomic E-state index is 0.109. The molecule has 1 N–H and O–H groups in total. The van der Waals surface area contributed by atoms with Gasteiger partial charge in [-0.25, -0.2) is 0 Å². The van der Waals surface area contributed by atoms with Gasteiger partial charge in [0.2, 0.25) is 5.91 Å². The van der Waals surface area contributed by atoms with E-state index in [1.807, 2.05) is 37.3 Å². The number of carbonyl (C=O) groups is 1. The van der Waals surface area contributed by atoms with E-state index >= 15 is 0 Å². The predicted molar refractivity (Wildman–Crippen MR) is 92.4 cm³/mol. The standard InChI is InChI=1S/C17H13BrClNO2/c1-10-2-4-13(8-15(10)19)20-17(21)6-11-9-22-16-5-3-12(18)7-14(11)16/h2-5,7-9H,6H2,1H3,(H,20,21). The van der Waals surface area contributed by atoms with Crippen LogP contribution >= 0.6 is 27.5 Å². The van der Waals surface area contributed by atoms with E-state index in [0.717, 1.165) is 26.6 Å². The first kappa shape index (κ1) is 15.1. The van der Waals surface area contributed by atoms with E-state index in [1.54, 1.807) is 12.3 Å². The lowest BCUT2D eigenvalue weighted by molar-refractivity contribution is -0.115. The molecule has 5 heteroatoms. The van der Waals surface area contributed by atoms with Crippen LogP contribution in [0.4, 0.5) is 5.69 Å². The van der Waals surface area contributed by atoms with E-state index < -0.39 is 0 Å². The van der Waals surface area contributed by atoms with Gasteiger partial charge in [-0.2, -0.15) is 0 Å². The van der Waals surface area contributed by atoms with Crippen molar-refractivity contribution in [1.29, 1.82) is 0 Å². The Balaban J connectivity index is 1.78. The van der Waals surface area contributed by atoms with Crippen LogP contribution in [0.3, 0.4) is 0 Å². The number of furan rings is 1. The first-order valence-electron chi connectivity index (χ1n) is 6.74. The van der Waals surface area contributed by atoms with Crippen LogP contribution in [0.1, 0.15) is 11.1 Å². The Labute approximate surface area is 141 Å². The summed E-state index contributed by atoms with van der Waals surface area (Å²) in [5.41, 5.74) is 3.29. The van der Waals surface area contributed by atoms with Gasteiger partial charge >= 0.3 is 0 Å². The van der Waals surface area contributed by atoms with E-state index in [2.05, 4.69) is 21.2 Å². The van der Waals surface area contributed by atoms with Crippen LogP contribution in [0.5, 0.6) is 0 Å². The van der Waals surface area contributed by atoms with Crippen LogP contribution in [0.2, 0.25) is 5.02 Å². The number of nitrogens with one attached hydrogen (secondary N) is 1. The molecule has 0 fully saturated rings. The molecule has 2 aromatic carbocycles. The molecule has 22 heavy (non-hydrogen) atoms. The van der Waals surface area contributed by atoms with Crippen molar-refractivity contribution in [1.82, 2.24) is 0 Å². The van der Waals surface area contributed by atoms with Gasteiger partial charge in [0.05, 0.1) is 12.7 Å². The van der Waals surface area contributed by atoms with E-state index in [-0.39, 0.29) is 12.3 Å². The fraction of sp³-hybridized carbons (Fsp3) is 0.118. The summed E-state index contributed by atoms with van der Waals surface area (Å²) in [6.07, 6.45) is 1.87. The quantitative estimate of drug-likeness (QED) is 0.668. The molecule has 3 aromatic rings. The summed E-state index contributed by atoms with van der Waals surface area (Å²) in [5.74, 6) is -0.109. The molecule has 0 saturated carbocycles. The average molecular weight is 379 g/mol. The number of hydrogen-bond donors (Lipinski definition) is 1. The lowest BCUT2D eigenvalue weighted by atomic mass is 10.1. The van der Waals surface area contributed by atoms with Crippen molar-refractivity contribution in [3.05, 3.63) is 63.3 Å². The Morgan fingerprint density at radius 1 is 1.27 bits per heavy atom. The zero-order chi connectivity index (χ0) is 15.7. The van der Waals surface area contributed by atoms with Gasteiger partial charge in [-0.15, -0.1) is 0 Å². The second-order valence-electron chi connectivity index (χ2n) is 5.09. The Morgan fingerprint density at radius 2 is 2.09 bits per heavy atom. The molecule has 0 bridgehead atoms. The number of amides is 1. The SMILES string of the molecule is Cc1ccc(NC(=O)Cc2coc3ccc(Br)cc23)cc1Cl. The Hall–Kier alpha value is -1.78. The summed E-state index contributed by atoms with van der Waals surface area (Å²) in [7, 11) is 0. The summed E-state index contributed by atoms with van der Waals surface area (Å²) in [4.78, 5) is 12.2. The Morgan fingerprint density at radius 3 is 2.86 bits per heavy atom. The van der Waals surface area contributed by atoms with Crippen molar-refractivity contribution in [2.75, 3.05) is 5.32 Å². The minimum atomic E-state index is -0.109. The maximum atomic E-state index is 12.2. The summed E-state index contributed by atoms with van der Waals surface area (Å²) >= 11 is 9.49. The van der Waals surface area contributed by atoms with Crippen molar-refractivity contribution < 1.29 is 9.21 Å². The maximum Gasteiger partial charge on any atom is 0.228 e. The smallest absolute Gasteiger partial charge is 0.228 e. The maximum absolute atomic E-state index is 12.2. The average Bonchev–Trinajstić information content (AvgIpc) is 2.85. The van der Waals surface area contributed by atoms with Crippen molar-refractivity contribution >= 4 is 50.1 Å². The molecular weight excluding hydrogens is 366 g/mol. The first-order valence-corrected chi connectivity index (χ1v) is 7.91. The number of carbonyl (C=O) groups excluding carboxylic acids is 1. The molecule has 0 atom stereocenters. The second kappa shape index (κ2) is 6.15. The van der Waals surface area contributed by atoms with Gasteiger partial charge < -0.3 is 9.73 Å². The van der Waals surface area contributed by atoms with Crippen molar-refractivity contribution in [3.63, 3.8) is 0 Å². The van der Waals surface area contributed by atoms with Crippen molar-refractivity contribution in [2.24, 2.45) is 0 Å². The zero-order valence-corrected chi connectivity index (χ0v) is 14.2. The topological polar surface area (TPSA) is 42.2 Å². The monoisotopic (exact) mass is 377 g/mol. The molecule has 1 amide bonds. The van der Waals surface area contributed by atoms with E-state index in [1.165, 1.54) is 0 Å². The highest BCUT2D eigenvalue weighted by molar-refractivity contribution is 9.10. The third kappa shape index (κ3) is 3.18. The second-order valence-corrected chi connectivity index (χ2v) is 6.41. The summed E-state index contributed by atoms with van der Waals surface area (Å²) < 4.78 is 6.42. The Kier molecular flexibility index (Phi) is 4.23. The molecule has 3 nitrogen and oxygen atoms in total. The van der Waals surface area contributed by atoms with Gasteiger partial charge in [-0.05, 0) is 42.8 Å². The number of fused-ring (bicyclic) bond motifs is 1. The normalized spacial score (nSPS) is 10.9. The molecular formula is C17H13BrClNO2. The molecule has 3 rings (SSSR count). The fourth-order valence-electron chi connectivity index (χ4n) is 2.24. The summed E-state index contributed by atoms with van der Waals surface area (Å²) in [6, 6.07) is 11.2. The third-order valence-electron chi connectivity index (χ3n) is 3.42. The highest BCUT2D eigenvalue weighted by atomic mass is 79.9. The van der Waals surface area contributed by atoms with Crippen LogP contribution in [0.25, 0.3) is 11.0 Å². The van der Waals surface area contributed by atoms with Crippen molar-refractivity contribution in [3.8, 4) is 0 Å². The van der Waals surface area contributed by atoms with Crippen LogP contribution < -0.4 is 5.32 Å². The number of aryl methyl sites for hydroxylation is 1. The van der Waals surface area contributed by atoms with E-state index in [0.29, 0.717) is 10.7 Å². The van der Waals surface area contributed by atoms with E-state index in [4.69, 9.17) is 16.0 Å². The van der Waals surface area contributed by atoms with Gasteiger partial charge in [-0.1, -0.05) is 33.6 Å². The highest BCUT2D eigenvalue weighted by Gasteiger charge is 2.11. The summed E-state index contributed by atoms with van der Waals surface area (Å²) in [5, 5.41) is 4.42. The lowest BCUT2D eigenvalue weighted by Crippen LogP contribution is -2.14. The first-order chi connectivity index (χ1) is 10.5. The van der Waals surface area contributed by atoms with Gasteiger partial charge in [0.1, 0.15) is 5.58 Å². The van der Waals surface area contributed by atoms with E-state index in [9.17, 15) is 4.79 Å².